The van der Waals surface area contributed by atoms with Crippen molar-refractivity contribution in [3.05, 3.63) is 34.8 Å². The van der Waals surface area contributed by atoms with Crippen LogP contribution in [0.4, 0.5) is 5.82 Å². The summed E-state index contributed by atoms with van der Waals surface area (Å²) in [4.78, 5) is 9.76. The number of nitrogen functional groups attached to an aromatic ring is 1. The molecule has 0 aliphatic rings. The molecule has 1 heterocycles. The van der Waals surface area contributed by atoms with Crippen molar-refractivity contribution in [2.45, 2.75) is 15.1 Å². The van der Waals surface area contributed by atoms with Crippen molar-refractivity contribution >= 4 is 45.3 Å². The molecule has 0 bridgehead atoms. The minimum atomic E-state index is 0.615. The van der Waals surface area contributed by atoms with Crippen molar-refractivity contribution in [3.8, 4) is 0 Å². The van der Waals surface area contributed by atoms with Gasteiger partial charge < -0.3 is 5.43 Å². The first-order valence-electron chi connectivity index (χ1n) is 5.05. The number of thioether (sulfide) groups is 1. The summed E-state index contributed by atoms with van der Waals surface area (Å²) in [6.45, 7) is 0. The van der Waals surface area contributed by atoms with E-state index in [-0.39, 0.29) is 0 Å². The highest BCUT2D eigenvalue weighted by molar-refractivity contribution is 9.10. The van der Waals surface area contributed by atoms with E-state index in [9.17, 15) is 0 Å². The molecule has 1 aromatic heterocycles. The maximum atomic E-state index is 5.40. The van der Waals surface area contributed by atoms with Crippen LogP contribution in [0.2, 0.25) is 0 Å². The molecule has 0 aliphatic carbocycles. The van der Waals surface area contributed by atoms with Crippen LogP contribution in [-0.2, 0) is 0 Å². The van der Waals surface area contributed by atoms with E-state index < -0.39 is 0 Å². The summed E-state index contributed by atoms with van der Waals surface area (Å²) in [5, 5.41) is 1.55. The molecule has 0 amide bonds. The van der Waals surface area contributed by atoms with E-state index in [1.807, 2.05) is 36.6 Å². The van der Waals surface area contributed by atoms with Crippen LogP contribution in [0.25, 0.3) is 0 Å². The molecule has 18 heavy (non-hydrogen) atoms. The second-order valence-electron chi connectivity index (χ2n) is 3.25. The average molecular weight is 343 g/mol. The minimum Gasteiger partial charge on any atom is -0.308 e. The number of hydrogen-bond acceptors (Lipinski definition) is 6. The summed E-state index contributed by atoms with van der Waals surface area (Å²) in [6.07, 6.45) is 1.93. The lowest BCUT2D eigenvalue weighted by Crippen LogP contribution is -2.09. The molecule has 4 nitrogen and oxygen atoms in total. The molecular weight excluding hydrogens is 332 g/mol. The monoisotopic (exact) mass is 342 g/mol. The van der Waals surface area contributed by atoms with Gasteiger partial charge in [0.25, 0.3) is 0 Å². The molecule has 0 atom stereocenters. The van der Waals surface area contributed by atoms with Crippen molar-refractivity contribution in [2.24, 2.45) is 5.84 Å². The Morgan fingerprint density at radius 1 is 1.28 bits per heavy atom. The highest BCUT2D eigenvalue weighted by atomic mass is 79.9. The van der Waals surface area contributed by atoms with Crippen molar-refractivity contribution in [2.75, 3.05) is 11.7 Å². The normalized spacial score (nSPS) is 10.4. The van der Waals surface area contributed by atoms with Crippen molar-refractivity contribution < 1.29 is 0 Å². The van der Waals surface area contributed by atoms with Crippen LogP contribution < -0.4 is 11.3 Å². The van der Waals surface area contributed by atoms with Gasteiger partial charge in [-0.3, -0.25) is 0 Å². The molecular formula is C11H11BrN4S2. The summed E-state index contributed by atoms with van der Waals surface area (Å²) in [6, 6.07) is 9.83. The van der Waals surface area contributed by atoms with Gasteiger partial charge in [0.2, 0.25) is 0 Å². The van der Waals surface area contributed by atoms with Crippen LogP contribution in [-0.4, -0.2) is 16.2 Å². The third-order valence-corrected chi connectivity index (χ3v) is 4.56. The number of benzene rings is 1. The second kappa shape index (κ2) is 6.42. The Bertz CT molecular complexity index is 528. The second-order valence-corrected chi connectivity index (χ2v) is 5.94. The van der Waals surface area contributed by atoms with Crippen LogP contribution in [0, 0.1) is 0 Å². The maximum Gasteiger partial charge on any atom is 0.190 e. The number of nitrogens with one attached hydrogen (secondary N) is 1. The molecule has 2 aromatic rings. The lowest BCUT2D eigenvalue weighted by Gasteiger charge is -2.07. The van der Waals surface area contributed by atoms with Gasteiger partial charge >= 0.3 is 0 Å². The third kappa shape index (κ3) is 3.38. The van der Waals surface area contributed by atoms with Crippen LogP contribution in [0.3, 0.4) is 0 Å². The van der Waals surface area contributed by atoms with Gasteiger partial charge in [-0.05, 0) is 34.3 Å². The van der Waals surface area contributed by atoms with Gasteiger partial charge in [-0.25, -0.2) is 15.8 Å². The Morgan fingerprint density at radius 3 is 2.72 bits per heavy atom. The van der Waals surface area contributed by atoms with Crippen LogP contribution >= 0.6 is 39.5 Å². The fourth-order valence-corrected chi connectivity index (χ4v) is 3.07. The van der Waals surface area contributed by atoms with Crippen LogP contribution in [0.1, 0.15) is 0 Å². The SMILES string of the molecule is CSc1nc(NN)cc(Sc2ccccc2Br)n1. The van der Waals surface area contributed by atoms with Gasteiger partial charge in [-0.2, -0.15) is 0 Å². The fourth-order valence-electron chi connectivity index (χ4n) is 1.26. The summed E-state index contributed by atoms with van der Waals surface area (Å²) < 4.78 is 1.04. The number of hydrazine groups is 1. The highest BCUT2D eigenvalue weighted by Gasteiger charge is 2.07. The molecule has 7 heteroatoms. The minimum absolute atomic E-state index is 0.615. The fraction of sp³-hybridized carbons (Fsp3) is 0.0909. The zero-order valence-corrected chi connectivity index (χ0v) is 12.8. The number of rotatable bonds is 4. The van der Waals surface area contributed by atoms with E-state index in [0.717, 1.165) is 14.4 Å². The maximum absolute atomic E-state index is 5.40. The smallest absolute Gasteiger partial charge is 0.190 e. The first-order chi connectivity index (χ1) is 8.72. The summed E-state index contributed by atoms with van der Waals surface area (Å²) in [5.41, 5.74) is 2.55. The number of nitrogens with zero attached hydrogens (tertiary/aromatic N) is 2. The van der Waals surface area contributed by atoms with Gasteiger partial charge in [-0.15, -0.1) is 0 Å². The molecule has 0 saturated heterocycles. The van der Waals surface area contributed by atoms with E-state index in [0.29, 0.717) is 11.0 Å². The molecule has 3 N–H and O–H groups in total. The zero-order valence-electron chi connectivity index (χ0n) is 9.55. The number of aromatic nitrogens is 2. The van der Waals surface area contributed by atoms with Crippen molar-refractivity contribution in [3.63, 3.8) is 0 Å². The summed E-state index contributed by atoms with van der Waals surface area (Å²) in [7, 11) is 0. The lowest BCUT2D eigenvalue weighted by molar-refractivity contribution is 0.893. The Balaban J connectivity index is 2.31. The Morgan fingerprint density at radius 2 is 2.06 bits per heavy atom. The molecule has 0 fully saturated rings. The van der Waals surface area contributed by atoms with E-state index in [1.54, 1.807) is 11.8 Å². The molecule has 1 aromatic carbocycles. The van der Waals surface area contributed by atoms with Gasteiger partial charge in [0.1, 0.15) is 10.8 Å². The Labute approximate surface area is 122 Å². The van der Waals surface area contributed by atoms with E-state index >= 15 is 0 Å². The lowest BCUT2D eigenvalue weighted by atomic mass is 10.4. The summed E-state index contributed by atoms with van der Waals surface area (Å²) in [5.74, 6) is 6.01. The highest BCUT2D eigenvalue weighted by Crippen LogP contribution is 2.33. The standard InChI is InChI=1S/C11H11BrN4S2/c1-17-11-14-9(16-13)6-10(15-11)18-8-5-3-2-4-7(8)12/h2-6H,13H2,1H3,(H,14,15,16). The van der Waals surface area contributed by atoms with Crippen molar-refractivity contribution in [1.29, 1.82) is 0 Å². The van der Waals surface area contributed by atoms with Crippen LogP contribution in [0.15, 0.2) is 49.9 Å². The van der Waals surface area contributed by atoms with E-state index in [2.05, 4.69) is 31.3 Å². The Kier molecular flexibility index (Phi) is 4.87. The predicted octanol–water partition coefficient (Wildman–Crippen LogP) is 3.40. The quantitative estimate of drug-likeness (QED) is 0.292. The van der Waals surface area contributed by atoms with Crippen LogP contribution in [0.5, 0.6) is 0 Å². The summed E-state index contributed by atoms with van der Waals surface area (Å²) >= 11 is 6.57. The van der Waals surface area contributed by atoms with Crippen molar-refractivity contribution in [1.82, 2.24) is 9.97 Å². The predicted molar refractivity (Wildman–Crippen MR) is 79.9 cm³/mol. The molecule has 0 aliphatic heterocycles. The molecule has 0 unspecified atom stereocenters. The first kappa shape index (κ1) is 13.7. The van der Waals surface area contributed by atoms with Gasteiger partial charge in [0, 0.05) is 15.4 Å². The largest absolute Gasteiger partial charge is 0.308 e. The number of hydrogen-bond donors (Lipinski definition) is 2. The third-order valence-electron chi connectivity index (χ3n) is 2.06. The van der Waals surface area contributed by atoms with E-state index in [4.69, 9.17) is 5.84 Å². The van der Waals surface area contributed by atoms with Gasteiger partial charge in [-0.1, -0.05) is 35.7 Å². The molecule has 0 saturated carbocycles. The van der Waals surface area contributed by atoms with Gasteiger partial charge in [0.05, 0.1) is 0 Å². The molecule has 2 rings (SSSR count). The number of anilines is 1. The van der Waals surface area contributed by atoms with E-state index in [1.165, 1.54) is 11.8 Å². The first-order valence-corrected chi connectivity index (χ1v) is 7.88. The molecule has 0 radical (unpaired) electrons. The topological polar surface area (TPSA) is 63.8 Å². The molecule has 0 spiro atoms. The number of halogens is 1. The zero-order chi connectivity index (χ0) is 13.0. The average Bonchev–Trinajstić information content (AvgIpc) is 2.41. The Hall–Kier alpha value is -0.760. The van der Waals surface area contributed by atoms with Gasteiger partial charge in [0.15, 0.2) is 5.16 Å². The molecule has 94 valence electrons. The number of nitrogens with two attached hydrogens (primary N) is 1.